The molecule has 1 N–H and O–H groups in total. The van der Waals surface area contributed by atoms with E-state index in [4.69, 9.17) is 18.9 Å². The number of fused-ring (bicyclic) bond motifs is 1. The number of benzene rings is 2. The summed E-state index contributed by atoms with van der Waals surface area (Å²) < 4.78 is 21.9. The molecule has 0 aliphatic carbocycles. The molecule has 0 saturated carbocycles. The van der Waals surface area contributed by atoms with Gasteiger partial charge in [0.2, 0.25) is 0 Å². The zero-order chi connectivity index (χ0) is 16.6. The van der Waals surface area contributed by atoms with Gasteiger partial charge in [-0.1, -0.05) is 13.0 Å². The molecular weight excluding hydrogens is 296 g/mol. The van der Waals surface area contributed by atoms with Crippen molar-refractivity contribution < 1.29 is 24.1 Å². The summed E-state index contributed by atoms with van der Waals surface area (Å²) in [4.78, 5) is 0. The van der Waals surface area contributed by atoms with Crippen LogP contribution in [0.4, 0.5) is 0 Å². The normalized spacial score (nSPS) is 19.0. The van der Waals surface area contributed by atoms with Crippen LogP contribution < -0.4 is 18.9 Å². The number of hydrogen-bond acceptors (Lipinski definition) is 5. The predicted molar refractivity (Wildman–Crippen MR) is 86.0 cm³/mol. The average molecular weight is 316 g/mol. The highest BCUT2D eigenvalue weighted by molar-refractivity contribution is 5.54. The molecule has 0 saturated heterocycles. The van der Waals surface area contributed by atoms with Crippen molar-refractivity contribution in [3.63, 3.8) is 0 Å². The minimum absolute atomic E-state index is 0.0971. The molecule has 0 aromatic heterocycles. The minimum atomic E-state index is -0.156. The van der Waals surface area contributed by atoms with Crippen LogP contribution in [0.1, 0.15) is 30.1 Å². The van der Waals surface area contributed by atoms with E-state index in [1.807, 2.05) is 18.2 Å². The number of rotatable bonds is 4. The molecule has 2 aromatic carbocycles. The first-order chi connectivity index (χ1) is 11.1. The number of methoxy groups -OCH3 is 3. The number of phenolic OH excluding ortho intramolecular Hbond substituents is 1. The molecule has 0 spiro atoms. The third kappa shape index (κ3) is 2.52. The second-order valence-electron chi connectivity index (χ2n) is 5.50. The van der Waals surface area contributed by atoms with Gasteiger partial charge in [-0.25, -0.2) is 0 Å². The monoisotopic (exact) mass is 316 g/mol. The van der Waals surface area contributed by atoms with E-state index in [1.54, 1.807) is 26.4 Å². The number of phenols is 1. The Morgan fingerprint density at radius 3 is 2.26 bits per heavy atom. The Kier molecular flexibility index (Phi) is 3.94. The predicted octanol–water partition coefficient (Wildman–Crippen LogP) is 3.66. The molecular formula is C18H20O5. The Labute approximate surface area is 135 Å². The van der Waals surface area contributed by atoms with Gasteiger partial charge in [0, 0.05) is 17.5 Å². The maximum absolute atomic E-state index is 9.98. The topological polar surface area (TPSA) is 57.2 Å². The summed E-state index contributed by atoms with van der Waals surface area (Å²) in [6, 6.07) is 9.18. The number of aromatic hydroxyl groups is 1. The van der Waals surface area contributed by atoms with E-state index in [1.165, 1.54) is 7.11 Å². The van der Waals surface area contributed by atoms with E-state index in [2.05, 4.69) is 6.92 Å². The largest absolute Gasteiger partial charge is 0.504 e. The molecule has 5 nitrogen and oxygen atoms in total. The van der Waals surface area contributed by atoms with Crippen LogP contribution in [0.5, 0.6) is 28.7 Å². The van der Waals surface area contributed by atoms with Gasteiger partial charge < -0.3 is 24.1 Å². The van der Waals surface area contributed by atoms with E-state index in [9.17, 15) is 5.11 Å². The lowest BCUT2D eigenvalue weighted by Crippen LogP contribution is -2.07. The van der Waals surface area contributed by atoms with E-state index in [0.717, 1.165) is 16.9 Å². The lowest BCUT2D eigenvalue weighted by atomic mass is 9.92. The van der Waals surface area contributed by atoms with E-state index in [0.29, 0.717) is 17.2 Å². The first-order valence-corrected chi connectivity index (χ1v) is 7.38. The summed E-state index contributed by atoms with van der Waals surface area (Å²) in [7, 11) is 4.74. The summed E-state index contributed by atoms with van der Waals surface area (Å²) in [5, 5.41) is 9.98. The van der Waals surface area contributed by atoms with Crippen LogP contribution in [-0.4, -0.2) is 26.4 Å². The average Bonchev–Trinajstić information content (AvgIpc) is 2.89. The Balaban J connectivity index is 1.97. The van der Waals surface area contributed by atoms with Crippen molar-refractivity contribution in [1.82, 2.24) is 0 Å². The highest BCUT2D eigenvalue weighted by Crippen LogP contribution is 2.50. The van der Waals surface area contributed by atoms with Gasteiger partial charge in [0.15, 0.2) is 23.0 Å². The first kappa shape index (κ1) is 15.3. The SMILES string of the molecule is COc1cc2c(cc1O)[C@H](C)C(c1ccc(OC)c(OC)c1)O2. The minimum Gasteiger partial charge on any atom is -0.504 e. The van der Waals surface area contributed by atoms with Gasteiger partial charge in [0.25, 0.3) is 0 Å². The summed E-state index contributed by atoms with van der Waals surface area (Å²) in [5.74, 6) is 2.70. The Hall–Kier alpha value is -2.56. The molecule has 1 unspecified atom stereocenters. The van der Waals surface area contributed by atoms with Crippen LogP contribution in [0, 0.1) is 0 Å². The fourth-order valence-corrected chi connectivity index (χ4v) is 2.98. The zero-order valence-electron chi connectivity index (χ0n) is 13.6. The van der Waals surface area contributed by atoms with Gasteiger partial charge in [-0.3, -0.25) is 0 Å². The third-order valence-electron chi connectivity index (χ3n) is 4.25. The van der Waals surface area contributed by atoms with Crippen molar-refractivity contribution in [2.45, 2.75) is 18.9 Å². The molecule has 2 aromatic rings. The van der Waals surface area contributed by atoms with Crippen LogP contribution >= 0.6 is 0 Å². The number of hydrogen-bond donors (Lipinski definition) is 1. The zero-order valence-corrected chi connectivity index (χ0v) is 13.6. The van der Waals surface area contributed by atoms with Crippen molar-refractivity contribution in [3.8, 4) is 28.7 Å². The van der Waals surface area contributed by atoms with Crippen LogP contribution in [0.25, 0.3) is 0 Å². The van der Waals surface area contributed by atoms with Gasteiger partial charge >= 0.3 is 0 Å². The van der Waals surface area contributed by atoms with Gasteiger partial charge in [0.05, 0.1) is 21.3 Å². The van der Waals surface area contributed by atoms with Gasteiger partial charge in [-0.05, 0) is 23.8 Å². The van der Waals surface area contributed by atoms with Gasteiger partial charge in [0.1, 0.15) is 11.9 Å². The molecule has 1 heterocycles. The van der Waals surface area contributed by atoms with Crippen LogP contribution in [0.3, 0.4) is 0 Å². The molecule has 0 radical (unpaired) electrons. The smallest absolute Gasteiger partial charge is 0.164 e. The van der Waals surface area contributed by atoms with Crippen LogP contribution in [-0.2, 0) is 0 Å². The van der Waals surface area contributed by atoms with Crippen molar-refractivity contribution >= 4 is 0 Å². The Morgan fingerprint density at radius 1 is 0.913 bits per heavy atom. The highest BCUT2D eigenvalue weighted by atomic mass is 16.5. The number of ether oxygens (including phenoxy) is 4. The molecule has 2 atom stereocenters. The van der Waals surface area contributed by atoms with Crippen molar-refractivity contribution in [2.24, 2.45) is 0 Å². The fraction of sp³-hybridized carbons (Fsp3) is 0.333. The maximum Gasteiger partial charge on any atom is 0.164 e. The third-order valence-corrected chi connectivity index (χ3v) is 4.25. The van der Waals surface area contributed by atoms with E-state index < -0.39 is 0 Å². The summed E-state index contributed by atoms with van der Waals surface area (Å²) >= 11 is 0. The Bertz CT molecular complexity index is 726. The lowest BCUT2D eigenvalue weighted by molar-refractivity contribution is 0.214. The maximum atomic E-state index is 9.98. The van der Waals surface area contributed by atoms with E-state index >= 15 is 0 Å². The summed E-state index contributed by atoms with van der Waals surface area (Å²) in [6.07, 6.45) is -0.156. The summed E-state index contributed by atoms with van der Waals surface area (Å²) in [5.41, 5.74) is 1.95. The van der Waals surface area contributed by atoms with Crippen molar-refractivity contribution in [3.05, 3.63) is 41.5 Å². The standard InChI is InChI=1S/C18H20O5/c1-10-12-8-13(19)16(21-3)9-15(12)23-18(10)11-5-6-14(20-2)17(7-11)22-4/h5-10,18-19H,1-4H3/t10-,18?/m0/s1. The highest BCUT2D eigenvalue weighted by Gasteiger charge is 2.34. The molecule has 0 fully saturated rings. The first-order valence-electron chi connectivity index (χ1n) is 7.38. The molecule has 3 rings (SSSR count). The molecule has 0 amide bonds. The molecule has 5 heteroatoms. The van der Waals surface area contributed by atoms with Gasteiger partial charge in [-0.15, -0.1) is 0 Å². The molecule has 23 heavy (non-hydrogen) atoms. The second-order valence-corrected chi connectivity index (χ2v) is 5.50. The Morgan fingerprint density at radius 2 is 1.61 bits per heavy atom. The van der Waals surface area contributed by atoms with Crippen LogP contribution in [0.15, 0.2) is 30.3 Å². The molecule has 0 bridgehead atoms. The summed E-state index contributed by atoms with van der Waals surface area (Å²) in [6.45, 7) is 2.07. The van der Waals surface area contributed by atoms with E-state index in [-0.39, 0.29) is 17.8 Å². The molecule has 1 aliphatic heterocycles. The van der Waals surface area contributed by atoms with Gasteiger partial charge in [-0.2, -0.15) is 0 Å². The quantitative estimate of drug-likeness (QED) is 0.933. The second kappa shape index (κ2) is 5.91. The lowest BCUT2D eigenvalue weighted by Gasteiger charge is -2.17. The van der Waals surface area contributed by atoms with Crippen LogP contribution in [0.2, 0.25) is 0 Å². The molecule has 1 aliphatic rings. The fourth-order valence-electron chi connectivity index (χ4n) is 2.98. The van der Waals surface area contributed by atoms with Crippen molar-refractivity contribution in [2.75, 3.05) is 21.3 Å². The molecule has 122 valence electrons. The van der Waals surface area contributed by atoms with Crippen molar-refractivity contribution in [1.29, 1.82) is 0 Å².